The zero-order valence-electron chi connectivity index (χ0n) is 13.2. The summed E-state index contributed by atoms with van der Waals surface area (Å²) >= 11 is 2.15. The average molecular weight is 440 g/mol. The third-order valence-corrected chi connectivity index (χ3v) is 4.40. The zero-order valence-corrected chi connectivity index (χ0v) is 15.3. The Morgan fingerprint density at radius 2 is 1.92 bits per heavy atom. The van der Waals surface area contributed by atoms with Gasteiger partial charge in [-0.1, -0.05) is 30.3 Å². The van der Waals surface area contributed by atoms with E-state index in [0.717, 1.165) is 9.13 Å². The van der Waals surface area contributed by atoms with Gasteiger partial charge in [-0.25, -0.2) is 4.79 Å². The Morgan fingerprint density at radius 3 is 2.58 bits per heavy atom. The van der Waals surface area contributed by atoms with Crippen LogP contribution in [0.1, 0.15) is 27.8 Å². The van der Waals surface area contributed by atoms with Crippen molar-refractivity contribution < 1.29 is 23.7 Å². The van der Waals surface area contributed by atoms with E-state index in [1.54, 1.807) is 12.1 Å². The topological polar surface area (TPSA) is 54.0 Å². The average Bonchev–Trinajstić information content (AvgIpc) is 3.14. The van der Waals surface area contributed by atoms with E-state index in [1.165, 1.54) is 7.11 Å². The predicted molar refractivity (Wildman–Crippen MR) is 95.9 cm³/mol. The Balaban J connectivity index is 1.92. The summed E-state index contributed by atoms with van der Waals surface area (Å²) in [5, 5.41) is 0. The molecule has 1 aliphatic heterocycles. The molecule has 1 saturated heterocycles. The van der Waals surface area contributed by atoms with Crippen molar-refractivity contribution in [2.75, 3.05) is 20.3 Å². The van der Waals surface area contributed by atoms with E-state index in [2.05, 4.69) is 22.6 Å². The van der Waals surface area contributed by atoms with Gasteiger partial charge in [-0.15, -0.1) is 0 Å². The van der Waals surface area contributed by atoms with Crippen LogP contribution in [0.15, 0.2) is 42.5 Å². The number of hydrogen-bond donors (Lipinski definition) is 0. The van der Waals surface area contributed by atoms with Crippen LogP contribution >= 0.6 is 22.6 Å². The second-order valence-corrected chi connectivity index (χ2v) is 6.38. The second-order valence-electron chi connectivity index (χ2n) is 5.22. The van der Waals surface area contributed by atoms with E-state index >= 15 is 0 Å². The molecule has 0 unspecified atom stereocenters. The van der Waals surface area contributed by atoms with Crippen molar-refractivity contribution in [2.24, 2.45) is 0 Å². The van der Waals surface area contributed by atoms with Gasteiger partial charge in [-0.2, -0.15) is 0 Å². The molecule has 0 amide bonds. The highest BCUT2D eigenvalue weighted by Gasteiger charge is 2.26. The molecule has 1 heterocycles. The minimum atomic E-state index is -0.533. The molecule has 2 aromatic carbocycles. The molecule has 0 aromatic heterocycles. The van der Waals surface area contributed by atoms with E-state index in [9.17, 15) is 4.79 Å². The van der Waals surface area contributed by atoms with Crippen LogP contribution in [-0.2, 0) is 20.8 Å². The highest BCUT2D eigenvalue weighted by atomic mass is 127. The Labute approximate surface area is 154 Å². The molecule has 6 heteroatoms. The monoisotopic (exact) mass is 440 g/mol. The Kier molecular flexibility index (Phi) is 5.70. The largest absolute Gasteiger partial charge is 0.487 e. The van der Waals surface area contributed by atoms with E-state index in [1.807, 2.05) is 30.3 Å². The Hall–Kier alpha value is -1.64. The fourth-order valence-electron chi connectivity index (χ4n) is 2.45. The lowest BCUT2D eigenvalue weighted by Gasteiger charge is -2.18. The number of ether oxygens (including phenoxy) is 4. The van der Waals surface area contributed by atoms with E-state index in [0.29, 0.717) is 36.7 Å². The first kappa shape index (κ1) is 17.2. The third kappa shape index (κ3) is 3.88. The maximum Gasteiger partial charge on any atom is 0.337 e. The van der Waals surface area contributed by atoms with Crippen molar-refractivity contribution in [1.82, 2.24) is 0 Å². The first-order valence-corrected chi connectivity index (χ1v) is 8.58. The molecule has 0 atom stereocenters. The van der Waals surface area contributed by atoms with Gasteiger partial charge in [0.1, 0.15) is 12.4 Å². The molecule has 2 aromatic rings. The third-order valence-electron chi connectivity index (χ3n) is 3.60. The van der Waals surface area contributed by atoms with Crippen LogP contribution in [0, 0.1) is 3.57 Å². The molecule has 24 heavy (non-hydrogen) atoms. The molecule has 0 N–H and O–H groups in total. The summed E-state index contributed by atoms with van der Waals surface area (Å²) in [5.41, 5.74) is 2.21. The Bertz CT molecular complexity index is 711. The standard InChI is InChI=1S/C18H17IO5/c1-21-17(20)13-9-14(18-22-7-8-23-18)16(15(19)10-13)24-11-12-5-3-2-4-6-12/h2-6,9-10,18H,7-8,11H2,1H3. The second kappa shape index (κ2) is 7.96. The summed E-state index contributed by atoms with van der Waals surface area (Å²) in [7, 11) is 1.36. The maximum absolute atomic E-state index is 11.9. The van der Waals surface area contributed by atoms with Crippen molar-refractivity contribution in [1.29, 1.82) is 0 Å². The lowest BCUT2D eigenvalue weighted by Crippen LogP contribution is -2.09. The summed E-state index contributed by atoms with van der Waals surface area (Å²) < 4.78 is 22.8. The number of hydrogen-bond acceptors (Lipinski definition) is 5. The van der Waals surface area contributed by atoms with Gasteiger partial charge >= 0.3 is 5.97 Å². The van der Waals surface area contributed by atoms with Gasteiger partial charge in [0.25, 0.3) is 0 Å². The Morgan fingerprint density at radius 1 is 1.21 bits per heavy atom. The van der Waals surface area contributed by atoms with Gasteiger partial charge in [-0.3, -0.25) is 0 Å². The molecule has 1 aliphatic rings. The van der Waals surface area contributed by atoms with Crippen LogP contribution in [0.3, 0.4) is 0 Å². The zero-order chi connectivity index (χ0) is 16.9. The molecule has 1 fully saturated rings. The van der Waals surface area contributed by atoms with Crippen molar-refractivity contribution in [3.05, 3.63) is 62.7 Å². The van der Waals surface area contributed by atoms with Crippen LogP contribution < -0.4 is 4.74 Å². The molecule has 0 spiro atoms. The number of methoxy groups -OCH3 is 1. The molecular formula is C18H17IO5. The number of rotatable bonds is 5. The summed E-state index contributed by atoms with van der Waals surface area (Å²) in [6.07, 6.45) is -0.533. The van der Waals surface area contributed by atoms with Crippen molar-refractivity contribution >= 4 is 28.6 Å². The van der Waals surface area contributed by atoms with Gasteiger partial charge in [0, 0.05) is 0 Å². The highest BCUT2D eigenvalue weighted by molar-refractivity contribution is 14.1. The molecule has 3 rings (SSSR count). The van der Waals surface area contributed by atoms with Gasteiger partial charge in [0.2, 0.25) is 0 Å². The number of halogens is 1. The number of benzene rings is 2. The fourth-order valence-corrected chi connectivity index (χ4v) is 3.25. The molecule has 0 radical (unpaired) electrons. The van der Waals surface area contributed by atoms with Crippen LogP contribution in [0.4, 0.5) is 0 Å². The van der Waals surface area contributed by atoms with Crippen LogP contribution in [0.5, 0.6) is 5.75 Å². The molecular weight excluding hydrogens is 423 g/mol. The first-order valence-electron chi connectivity index (χ1n) is 7.50. The number of esters is 1. The highest BCUT2D eigenvalue weighted by Crippen LogP contribution is 2.36. The number of carbonyl (C=O) groups is 1. The summed E-state index contributed by atoms with van der Waals surface area (Å²) in [4.78, 5) is 11.9. The smallest absolute Gasteiger partial charge is 0.337 e. The molecule has 0 saturated carbocycles. The van der Waals surface area contributed by atoms with E-state index in [-0.39, 0.29) is 0 Å². The van der Waals surface area contributed by atoms with Crippen molar-refractivity contribution in [3.63, 3.8) is 0 Å². The normalized spacial score (nSPS) is 14.6. The summed E-state index contributed by atoms with van der Waals surface area (Å²) in [6, 6.07) is 13.3. The number of carbonyl (C=O) groups excluding carboxylic acids is 1. The van der Waals surface area contributed by atoms with Crippen molar-refractivity contribution in [3.8, 4) is 5.75 Å². The minimum Gasteiger partial charge on any atom is -0.487 e. The molecule has 126 valence electrons. The maximum atomic E-state index is 11.9. The predicted octanol–water partition coefficient (Wildman–Crippen LogP) is 3.70. The summed E-state index contributed by atoms with van der Waals surface area (Å²) in [6.45, 7) is 1.46. The molecule has 5 nitrogen and oxygen atoms in total. The minimum absolute atomic E-state index is 0.401. The van der Waals surface area contributed by atoms with Gasteiger partial charge in [0.15, 0.2) is 6.29 Å². The van der Waals surface area contributed by atoms with Crippen LogP contribution in [0.2, 0.25) is 0 Å². The van der Waals surface area contributed by atoms with E-state index in [4.69, 9.17) is 18.9 Å². The first-order chi connectivity index (χ1) is 11.7. The van der Waals surface area contributed by atoms with E-state index < -0.39 is 12.3 Å². The van der Waals surface area contributed by atoms with Crippen LogP contribution in [0.25, 0.3) is 0 Å². The fraction of sp³-hybridized carbons (Fsp3) is 0.278. The van der Waals surface area contributed by atoms with Crippen molar-refractivity contribution in [2.45, 2.75) is 12.9 Å². The lowest BCUT2D eigenvalue weighted by molar-refractivity contribution is -0.0459. The van der Waals surface area contributed by atoms with Gasteiger partial charge in [0.05, 0.1) is 35.0 Å². The van der Waals surface area contributed by atoms with Crippen LogP contribution in [-0.4, -0.2) is 26.3 Å². The van der Waals surface area contributed by atoms with Gasteiger partial charge < -0.3 is 18.9 Å². The SMILES string of the molecule is COC(=O)c1cc(I)c(OCc2ccccc2)c(C2OCCO2)c1. The molecule has 0 aliphatic carbocycles. The molecule has 0 bridgehead atoms. The quantitative estimate of drug-likeness (QED) is 0.525. The lowest BCUT2D eigenvalue weighted by atomic mass is 10.1. The van der Waals surface area contributed by atoms with Gasteiger partial charge in [-0.05, 0) is 40.3 Å². The summed E-state index contributed by atoms with van der Waals surface area (Å²) in [5.74, 6) is 0.265.